The van der Waals surface area contributed by atoms with Crippen LogP contribution in [0.5, 0.6) is 0 Å². The van der Waals surface area contributed by atoms with Crippen LogP contribution >= 0.6 is 0 Å². The molecule has 1 spiro atoms. The second kappa shape index (κ2) is 6.26. The monoisotopic (exact) mass is 301 g/mol. The first-order chi connectivity index (χ1) is 10.8. The molecule has 1 aromatic heterocycles. The van der Waals surface area contributed by atoms with Gasteiger partial charge in [0.2, 0.25) is 0 Å². The molecule has 0 aliphatic carbocycles. The average molecular weight is 301 g/mol. The van der Waals surface area contributed by atoms with Gasteiger partial charge in [-0.3, -0.25) is 14.8 Å². The van der Waals surface area contributed by atoms with Crippen molar-refractivity contribution in [2.75, 3.05) is 39.4 Å². The van der Waals surface area contributed by atoms with Crippen molar-refractivity contribution in [3.05, 3.63) is 30.1 Å². The molecule has 1 aromatic rings. The van der Waals surface area contributed by atoms with Crippen molar-refractivity contribution in [1.29, 1.82) is 0 Å². The Balaban J connectivity index is 1.30. The second-order valence-electron chi connectivity index (χ2n) is 7.34. The quantitative estimate of drug-likeness (QED) is 0.855. The summed E-state index contributed by atoms with van der Waals surface area (Å²) in [7, 11) is 0. The van der Waals surface area contributed by atoms with E-state index >= 15 is 0 Å². The molecule has 0 unspecified atom stereocenters. The first-order valence-corrected chi connectivity index (χ1v) is 8.77. The third-order valence-corrected chi connectivity index (χ3v) is 5.92. The number of hydrogen-bond donors (Lipinski definition) is 0. The molecule has 0 bridgehead atoms. The summed E-state index contributed by atoms with van der Waals surface area (Å²) >= 11 is 0. The number of ether oxygens (including phenoxy) is 1. The summed E-state index contributed by atoms with van der Waals surface area (Å²) in [5, 5.41) is 0. The lowest BCUT2D eigenvalue weighted by atomic mass is 9.77. The predicted molar refractivity (Wildman–Crippen MR) is 86.6 cm³/mol. The van der Waals surface area contributed by atoms with E-state index in [1.807, 2.05) is 12.3 Å². The molecule has 3 fully saturated rings. The zero-order chi connectivity index (χ0) is 14.8. The highest BCUT2D eigenvalue weighted by Gasteiger charge is 2.42. The van der Waals surface area contributed by atoms with Crippen LogP contribution in [0.3, 0.4) is 0 Å². The van der Waals surface area contributed by atoms with E-state index in [2.05, 4.69) is 26.9 Å². The second-order valence-corrected chi connectivity index (χ2v) is 7.34. The van der Waals surface area contributed by atoms with E-state index in [9.17, 15) is 0 Å². The fraction of sp³-hybridized carbons (Fsp3) is 0.722. The van der Waals surface area contributed by atoms with Crippen LogP contribution in [0.1, 0.15) is 31.4 Å². The maximum atomic E-state index is 5.57. The highest BCUT2D eigenvalue weighted by molar-refractivity contribution is 5.04. The Hall–Kier alpha value is -0.970. The first kappa shape index (κ1) is 14.6. The number of piperidine rings is 1. The Kier molecular flexibility index (Phi) is 4.16. The number of rotatable bonds is 3. The largest absolute Gasteiger partial charge is 0.380 e. The first-order valence-electron chi connectivity index (χ1n) is 8.77. The molecule has 4 rings (SSSR count). The summed E-state index contributed by atoms with van der Waals surface area (Å²) in [5.74, 6) is 0. The van der Waals surface area contributed by atoms with Crippen LogP contribution in [0, 0.1) is 5.41 Å². The highest BCUT2D eigenvalue weighted by Crippen LogP contribution is 2.41. The Morgan fingerprint density at radius 3 is 2.77 bits per heavy atom. The average Bonchev–Trinajstić information content (AvgIpc) is 3.21. The third kappa shape index (κ3) is 3.05. The standard InChI is InChI=1S/C18H27N3O/c1-2-8-19-16(3-1)13-20-9-5-18(6-10-20)7-11-21(15-18)17-4-12-22-14-17/h1-3,8,17H,4-7,9-15H2/t17-/m0/s1. The van der Waals surface area contributed by atoms with E-state index in [0.717, 1.165) is 19.8 Å². The van der Waals surface area contributed by atoms with Crippen molar-refractivity contribution in [2.45, 2.75) is 38.3 Å². The van der Waals surface area contributed by atoms with Crippen LogP contribution < -0.4 is 0 Å². The molecule has 4 heteroatoms. The Labute approximate surface area is 133 Å². The van der Waals surface area contributed by atoms with Crippen molar-refractivity contribution in [3.8, 4) is 0 Å². The van der Waals surface area contributed by atoms with Crippen LogP contribution in [-0.2, 0) is 11.3 Å². The van der Waals surface area contributed by atoms with Crippen LogP contribution in [0.15, 0.2) is 24.4 Å². The molecular weight excluding hydrogens is 274 g/mol. The summed E-state index contributed by atoms with van der Waals surface area (Å²) in [6.07, 6.45) is 7.23. The molecule has 3 aliphatic heterocycles. The van der Waals surface area contributed by atoms with Crippen LogP contribution in [0.4, 0.5) is 0 Å². The van der Waals surface area contributed by atoms with E-state index in [4.69, 9.17) is 4.74 Å². The molecule has 0 radical (unpaired) electrons. The van der Waals surface area contributed by atoms with Gasteiger partial charge in [0.15, 0.2) is 0 Å². The number of hydrogen-bond acceptors (Lipinski definition) is 4. The lowest BCUT2D eigenvalue weighted by Gasteiger charge is -2.39. The molecule has 22 heavy (non-hydrogen) atoms. The number of pyridine rings is 1. The van der Waals surface area contributed by atoms with E-state index in [0.29, 0.717) is 11.5 Å². The molecule has 3 saturated heterocycles. The van der Waals surface area contributed by atoms with Gasteiger partial charge in [-0.15, -0.1) is 0 Å². The molecular formula is C18H27N3O. The molecule has 3 aliphatic rings. The smallest absolute Gasteiger partial charge is 0.0622 e. The molecule has 0 N–H and O–H groups in total. The summed E-state index contributed by atoms with van der Waals surface area (Å²) < 4.78 is 5.57. The van der Waals surface area contributed by atoms with Gasteiger partial charge in [-0.25, -0.2) is 0 Å². The van der Waals surface area contributed by atoms with Gasteiger partial charge >= 0.3 is 0 Å². The van der Waals surface area contributed by atoms with E-state index in [1.54, 1.807) is 0 Å². The topological polar surface area (TPSA) is 28.6 Å². The van der Waals surface area contributed by atoms with Crippen molar-refractivity contribution >= 4 is 0 Å². The summed E-state index contributed by atoms with van der Waals surface area (Å²) in [6.45, 7) is 7.98. The Morgan fingerprint density at radius 1 is 1.18 bits per heavy atom. The lowest BCUT2D eigenvalue weighted by molar-refractivity contribution is 0.0918. The summed E-state index contributed by atoms with van der Waals surface area (Å²) in [6, 6.07) is 6.92. The SMILES string of the molecule is c1ccc(CN2CCC3(CC2)CCN([C@H]2CCOC2)C3)nc1. The maximum absolute atomic E-state index is 5.57. The normalized spacial score (nSPS) is 29.4. The number of likely N-dealkylation sites (tertiary alicyclic amines) is 2. The summed E-state index contributed by atoms with van der Waals surface area (Å²) in [4.78, 5) is 9.75. The summed E-state index contributed by atoms with van der Waals surface area (Å²) in [5.41, 5.74) is 1.79. The van der Waals surface area contributed by atoms with Gasteiger partial charge < -0.3 is 4.74 Å². The zero-order valence-corrected chi connectivity index (χ0v) is 13.4. The van der Waals surface area contributed by atoms with Gasteiger partial charge in [-0.1, -0.05) is 6.07 Å². The highest BCUT2D eigenvalue weighted by atomic mass is 16.5. The fourth-order valence-electron chi connectivity index (χ4n) is 4.41. The van der Waals surface area contributed by atoms with Gasteiger partial charge in [0.05, 0.1) is 12.3 Å². The molecule has 120 valence electrons. The molecule has 0 saturated carbocycles. The Bertz CT molecular complexity index is 478. The van der Waals surface area contributed by atoms with Gasteiger partial charge in [0, 0.05) is 31.9 Å². The third-order valence-electron chi connectivity index (χ3n) is 5.92. The Morgan fingerprint density at radius 2 is 2.05 bits per heavy atom. The van der Waals surface area contributed by atoms with Crippen LogP contribution in [0.2, 0.25) is 0 Å². The molecule has 0 amide bonds. The van der Waals surface area contributed by atoms with Gasteiger partial charge in [0.25, 0.3) is 0 Å². The zero-order valence-electron chi connectivity index (χ0n) is 13.4. The molecule has 0 aromatic carbocycles. The lowest BCUT2D eigenvalue weighted by Crippen LogP contribution is -2.42. The molecule has 4 nitrogen and oxygen atoms in total. The minimum Gasteiger partial charge on any atom is -0.380 e. The van der Waals surface area contributed by atoms with Gasteiger partial charge in [-0.2, -0.15) is 0 Å². The van der Waals surface area contributed by atoms with E-state index in [-0.39, 0.29) is 0 Å². The van der Waals surface area contributed by atoms with Crippen molar-refractivity contribution in [1.82, 2.24) is 14.8 Å². The van der Waals surface area contributed by atoms with Crippen LogP contribution in [0.25, 0.3) is 0 Å². The molecule has 4 heterocycles. The minimum absolute atomic E-state index is 0.587. The van der Waals surface area contributed by atoms with E-state index < -0.39 is 0 Å². The van der Waals surface area contributed by atoms with Crippen LogP contribution in [-0.4, -0.2) is 60.2 Å². The van der Waals surface area contributed by atoms with Gasteiger partial charge in [0.1, 0.15) is 0 Å². The van der Waals surface area contributed by atoms with E-state index in [1.165, 1.54) is 57.6 Å². The number of nitrogens with zero attached hydrogens (tertiary/aromatic N) is 3. The predicted octanol–water partition coefficient (Wildman–Crippen LogP) is 2.16. The minimum atomic E-state index is 0.587. The van der Waals surface area contributed by atoms with Gasteiger partial charge in [-0.05, 0) is 62.9 Å². The van der Waals surface area contributed by atoms with Crippen molar-refractivity contribution < 1.29 is 4.74 Å². The molecule has 1 atom stereocenters. The number of aromatic nitrogens is 1. The van der Waals surface area contributed by atoms with Crippen molar-refractivity contribution in [2.24, 2.45) is 5.41 Å². The maximum Gasteiger partial charge on any atom is 0.0622 e. The van der Waals surface area contributed by atoms with Crippen molar-refractivity contribution in [3.63, 3.8) is 0 Å². The fourth-order valence-corrected chi connectivity index (χ4v) is 4.41.